The number of nitrogens with zero attached hydrogens (tertiary/aromatic N) is 1. The van der Waals surface area contributed by atoms with Gasteiger partial charge in [-0.05, 0) is 73.8 Å². The highest BCUT2D eigenvalue weighted by Gasteiger charge is 2.26. The van der Waals surface area contributed by atoms with E-state index in [0.29, 0.717) is 25.5 Å². The van der Waals surface area contributed by atoms with E-state index in [1.165, 1.54) is 0 Å². The lowest BCUT2D eigenvalue weighted by molar-refractivity contribution is -0.146. The maximum atomic E-state index is 13.3. The van der Waals surface area contributed by atoms with Crippen LogP contribution in [0.2, 0.25) is 0 Å². The zero-order valence-electron chi connectivity index (χ0n) is 18.9. The molecule has 2 heterocycles. The molecule has 5 nitrogen and oxygen atoms in total. The summed E-state index contributed by atoms with van der Waals surface area (Å²) in [4.78, 5) is 28.4. The molecule has 1 aliphatic rings. The third kappa shape index (κ3) is 6.09. The topological polar surface area (TPSA) is 58.6 Å². The lowest BCUT2D eigenvalue weighted by Gasteiger charge is -2.29. The van der Waals surface area contributed by atoms with Crippen molar-refractivity contribution in [1.29, 1.82) is 0 Å². The molecule has 4 rings (SSSR count). The highest BCUT2D eigenvalue weighted by atomic mass is 32.1. The number of hydrogen-bond acceptors (Lipinski definition) is 5. The first-order valence-electron chi connectivity index (χ1n) is 11.4. The molecule has 1 aromatic heterocycles. The zero-order chi connectivity index (χ0) is 23.0. The molecule has 172 valence electrons. The van der Waals surface area contributed by atoms with Gasteiger partial charge in [-0.25, -0.2) is 0 Å². The molecule has 6 heteroatoms. The van der Waals surface area contributed by atoms with Gasteiger partial charge in [0.05, 0.1) is 13.2 Å². The van der Waals surface area contributed by atoms with Crippen molar-refractivity contribution in [2.75, 3.05) is 26.7 Å². The summed E-state index contributed by atoms with van der Waals surface area (Å²) in [6, 6.07) is 22.1. The maximum Gasteiger partial charge on any atom is 0.317 e. The van der Waals surface area contributed by atoms with Gasteiger partial charge in [-0.2, -0.15) is 0 Å². The Morgan fingerprint density at radius 2 is 1.85 bits per heavy atom. The first-order chi connectivity index (χ1) is 16.1. The van der Waals surface area contributed by atoms with Gasteiger partial charge in [0.15, 0.2) is 0 Å². The van der Waals surface area contributed by atoms with Crippen LogP contribution in [0.3, 0.4) is 0 Å². The van der Waals surface area contributed by atoms with Crippen LogP contribution in [0.5, 0.6) is 0 Å². The Hall–Kier alpha value is -2.96. The first kappa shape index (κ1) is 23.2. The maximum absolute atomic E-state index is 13.3. The molecule has 1 atom stereocenters. The number of likely N-dealkylation sites (tertiary alicyclic amines) is 1. The lowest BCUT2D eigenvalue weighted by atomic mass is 9.90. The number of ether oxygens (including phenoxy) is 1. The molecule has 0 saturated carbocycles. The number of amides is 1. The Morgan fingerprint density at radius 1 is 1.09 bits per heavy atom. The predicted octanol–water partition coefficient (Wildman–Crippen LogP) is 4.68. The first-order valence-corrected chi connectivity index (χ1v) is 12.2. The fourth-order valence-corrected chi connectivity index (χ4v) is 5.22. The third-order valence-corrected chi connectivity index (χ3v) is 7.33. The van der Waals surface area contributed by atoms with E-state index >= 15 is 0 Å². The van der Waals surface area contributed by atoms with E-state index in [-0.39, 0.29) is 5.97 Å². The summed E-state index contributed by atoms with van der Waals surface area (Å²) in [7, 11) is 2.13. The second kappa shape index (κ2) is 11.3. The minimum Gasteiger partial charge on any atom is -0.465 e. The molecule has 1 saturated heterocycles. The van der Waals surface area contributed by atoms with Gasteiger partial charge in [-0.1, -0.05) is 48.5 Å². The fraction of sp³-hybridized carbons (Fsp3) is 0.333. The largest absolute Gasteiger partial charge is 0.465 e. The summed E-state index contributed by atoms with van der Waals surface area (Å²) in [5.41, 5.74) is 2.91. The van der Waals surface area contributed by atoms with Crippen molar-refractivity contribution in [3.05, 3.63) is 82.7 Å². The van der Waals surface area contributed by atoms with Crippen molar-refractivity contribution in [3.8, 4) is 10.4 Å². The van der Waals surface area contributed by atoms with Gasteiger partial charge in [0.1, 0.15) is 5.92 Å². The minimum atomic E-state index is -0.464. The number of hydrogen-bond donors (Lipinski definition) is 1. The molecule has 0 radical (unpaired) electrons. The summed E-state index contributed by atoms with van der Waals surface area (Å²) in [5.74, 6) is -0.231. The Kier molecular flexibility index (Phi) is 7.92. The summed E-state index contributed by atoms with van der Waals surface area (Å²) in [6.45, 7) is 3.10. The van der Waals surface area contributed by atoms with Crippen molar-refractivity contribution in [2.24, 2.45) is 5.92 Å². The van der Waals surface area contributed by atoms with E-state index in [2.05, 4.69) is 35.5 Å². The van der Waals surface area contributed by atoms with Crippen LogP contribution in [0.25, 0.3) is 10.4 Å². The van der Waals surface area contributed by atoms with Gasteiger partial charge < -0.3 is 15.0 Å². The van der Waals surface area contributed by atoms with Crippen LogP contribution in [-0.2, 0) is 20.9 Å². The number of carbonyl (C=O) groups is 2. The van der Waals surface area contributed by atoms with E-state index < -0.39 is 5.92 Å². The van der Waals surface area contributed by atoms with Gasteiger partial charge in [0, 0.05) is 9.75 Å². The quantitative estimate of drug-likeness (QED) is 0.371. The monoisotopic (exact) mass is 462 g/mol. The molecule has 2 aromatic carbocycles. The standard InChI is InChI=1S/C27H30N2O3S/c1-29-14-12-20(13-15-29)18-32-27(31)26(21-6-3-2-4-7-21)23-9-5-8-22(16-23)25-11-10-24(33-25)17-28-19-30/h2-11,16,19-20,26H,12-15,17-18H2,1H3,(H,28,30). The number of nitrogens with one attached hydrogen (secondary N) is 1. The molecule has 33 heavy (non-hydrogen) atoms. The molecule has 1 N–H and O–H groups in total. The Labute approximate surface area is 199 Å². The lowest BCUT2D eigenvalue weighted by Crippen LogP contribution is -2.32. The van der Waals surface area contributed by atoms with E-state index in [0.717, 1.165) is 52.4 Å². The number of piperidine rings is 1. The van der Waals surface area contributed by atoms with Crippen molar-refractivity contribution < 1.29 is 14.3 Å². The molecule has 1 aliphatic heterocycles. The average molecular weight is 463 g/mol. The summed E-state index contributed by atoms with van der Waals surface area (Å²) >= 11 is 1.64. The molecule has 0 spiro atoms. The average Bonchev–Trinajstić information content (AvgIpc) is 3.33. The van der Waals surface area contributed by atoms with E-state index in [1.807, 2.05) is 48.5 Å². The normalized spacial score (nSPS) is 15.7. The summed E-state index contributed by atoms with van der Waals surface area (Å²) in [5, 5.41) is 2.70. The summed E-state index contributed by atoms with van der Waals surface area (Å²) in [6.07, 6.45) is 2.84. The molecule has 1 fully saturated rings. The van der Waals surface area contributed by atoms with Gasteiger partial charge in [0.2, 0.25) is 6.41 Å². The van der Waals surface area contributed by atoms with Gasteiger partial charge in [-0.15, -0.1) is 11.3 Å². The second-order valence-corrected chi connectivity index (χ2v) is 9.78. The van der Waals surface area contributed by atoms with E-state index in [9.17, 15) is 9.59 Å². The zero-order valence-corrected chi connectivity index (χ0v) is 19.7. The molecular formula is C27H30N2O3S. The van der Waals surface area contributed by atoms with Crippen LogP contribution in [0.4, 0.5) is 0 Å². The number of esters is 1. The van der Waals surface area contributed by atoms with Crippen LogP contribution in [-0.4, -0.2) is 44.0 Å². The molecule has 0 bridgehead atoms. The van der Waals surface area contributed by atoms with Crippen LogP contribution in [0.15, 0.2) is 66.7 Å². The molecule has 1 unspecified atom stereocenters. The molecular weight excluding hydrogens is 432 g/mol. The molecule has 0 aliphatic carbocycles. The summed E-state index contributed by atoms with van der Waals surface area (Å²) < 4.78 is 5.89. The number of benzene rings is 2. The van der Waals surface area contributed by atoms with Gasteiger partial charge in [0.25, 0.3) is 0 Å². The van der Waals surface area contributed by atoms with Gasteiger partial charge >= 0.3 is 5.97 Å². The second-order valence-electron chi connectivity index (χ2n) is 8.61. The van der Waals surface area contributed by atoms with Gasteiger partial charge in [-0.3, -0.25) is 9.59 Å². The SMILES string of the molecule is CN1CCC(COC(=O)C(c2ccccc2)c2cccc(-c3ccc(CNC=O)s3)c2)CC1. The third-order valence-electron chi connectivity index (χ3n) is 6.19. The number of carbonyl (C=O) groups excluding carboxylic acids is 2. The Balaban J connectivity index is 1.55. The minimum absolute atomic E-state index is 0.195. The van der Waals surface area contributed by atoms with Crippen molar-refractivity contribution in [1.82, 2.24) is 10.2 Å². The highest BCUT2D eigenvalue weighted by molar-refractivity contribution is 7.15. The van der Waals surface area contributed by atoms with Crippen molar-refractivity contribution >= 4 is 23.7 Å². The van der Waals surface area contributed by atoms with Crippen molar-refractivity contribution in [2.45, 2.75) is 25.3 Å². The molecule has 3 aromatic rings. The predicted molar refractivity (Wildman–Crippen MR) is 132 cm³/mol. The smallest absolute Gasteiger partial charge is 0.317 e. The fourth-order valence-electron chi connectivity index (χ4n) is 4.26. The van der Waals surface area contributed by atoms with E-state index in [4.69, 9.17) is 4.74 Å². The van der Waals surface area contributed by atoms with Crippen LogP contribution in [0, 0.1) is 5.92 Å². The van der Waals surface area contributed by atoms with E-state index in [1.54, 1.807) is 11.3 Å². The Bertz CT molecular complexity index is 1060. The highest BCUT2D eigenvalue weighted by Crippen LogP contribution is 2.33. The number of rotatable bonds is 9. The van der Waals surface area contributed by atoms with Crippen molar-refractivity contribution in [3.63, 3.8) is 0 Å². The Morgan fingerprint density at radius 3 is 2.61 bits per heavy atom. The molecule has 1 amide bonds. The van der Waals surface area contributed by atoms with Crippen LogP contribution < -0.4 is 5.32 Å². The van der Waals surface area contributed by atoms with Crippen LogP contribution >= 0.6 is 11.3 Å². The van der Waals surface area contributed by atoms with Crippen LogP contribution in [0.1, 0.15) is 34.8 Å². The number of thiophene rings is 1.